The second-order valence-electron chi connectivity index (χ2n) is 6.34. The summed E-state index contributed by atoms with van der Waals surface area (Å²) in [4.78, 5) is 16.6. The Balaban J connectivity index is 1.89. The zero-order chi connectivity index (χ0) is 16.7. The third kappa shape index (κ3) is 5.22. The van der Waals surface area contributed by atoms with E-state index in [1.54, 1.807) is 0 Å². The number of carbonyl (C=O) groups is 1. The van der Waals surface area contributed by atoms with Crippen molar-refractivity contribution in [2.45, 2.75) is 45.4 Å². The molecule has 1 fully saturated rings. The van der Waals surface area contributed by atoms with E-state index in [1.165, 1.54) is 0 Å². The van der Waals surface area contributed by atoms with Crippen LogP contribution in [-0.2, 0) is 11.3 Å². The standard InChI is InChI=1S/C18H28N2O3/c1-15(2)20(17-8-10-19(11-9-17)12-13-21)18(22)23-14-16-6-4-3-5-7-16/h3-7,15,17,21H,8-14H2,1-2H3. The third-order valence-corrected chi connectivity index (χ3v) is 4.34. The van der Waals surface area contributed by atoms with Gasteiger partial charge in [-0.1, -0.05) is 30.3 Å². The highest BCUT2D eigenvalue weighted by Crippen LogP contribution is 2.20. The molecule has 0 spiro atoms. The first kappa shape index (κ1) is 17.8. The molecule has 23 heavy (non-hydrogen) atoms. The summed E-state index contributed by atoms with van der Waals surface area (Å²) in [7, 11) is 0. The zero-order valence-corrected chi connectivity index (χ0v) is 14.1. The first-order valence-corrected chi connectivity index (χ1v) is 8.44. The number of aliphatic hydroxyl groups is 1. The van der Waals surface area contributed by atoms with Gasteiger partial charge in [-0.25, -0.2) is 4.79 Å². The molecule has 0 unspecified atom stereocenters. The lowest BCUT2D eigenvalue weighted by molar-refractivity contribution is 0.0446. The summed E-state index contributed by atoms with van der Waals surface area (Å²) in [5, 5.41) is 9.02. The van der Waals surface area contributed by atoms with Crippen LogP contribution in [0.15, 0.2) is 30.3 Å². The number of amides is 1. The number of β-amino-alcohol motifs (C(OH)–C–C–N with tert-alkyl or cyclic N) is 1. The lowest BCUT2D eigenvalue weighted by atomic mass is 10.0. The van der Waals surface area contributed by atoms with Crippen molar-refractivity contribution in [1.82, 2.24) is 9.80 Å². The number of carbonyl (C=O) groups excluding carboxylic acids is 1. The molecule has 1 amide bonds. The van der Waals surface area contributed by atoms with Crippen LogP contribution in [0.25, 0.3) is 0 Å². The first-order valence-electron chi connectivity index (χ1n) is 8.44. The highest BCUT2D eigenvalue weighted by Gasteiger charge is 2.30. The van der Waals surface area contributed by atoms with Crippen LogP contribution in [0.1, 0.15) is 32.3 Å². The number of hydrogen-bond donors (Lipinski definition) is 1. The number of nitrogens with zero attached hydrogens (tertiary/aromatic N) is 2. The Morgan fingerprint density at radius 3 is 2.52 bits per heavy atom. The Morgan fingerprint density at radius 1 is 1.30 bits per heavy atom. The number of likely N-dealkylation sites (tertiary alicyclic amines) is 1. The number of aliphatic hydroxyl groups excluding tert-OH is 1. The summed E-state index contributed by atoms with van der Waals surface area (Å²) in [5.41, 5.74) is 1.00. The van der Waals surface area contributed by atoms with Crippen molar-refractivity contribution in [2.24, 2.45) is 0 Å². The number of hydrogen-bond acceptors (Lipinski definition) is 4. The normalized spacial score (nSPS) is 16.5. The van der Waals surface area contributed by atoms with Gasteiger partial charge in [0.05, 0.1) is 6.61 Å². The molecule has 1 heterocycles. The van der Waals surface area contributed by atoms with Crippen LogP contribution in [0.4, 0.5) is 4.79 Å². The summed E-state index contributed by atoms with van der Waals surface area (Å²) in [6.07, 6.45) is 1.63. The summed E-state index contributed by atoms with van der Waals surface area (Å²) in [6, 6.07) is 10.1. The predicted octanol–water partition coefficient (Wildman–Crippen LogP) is 2.49. The lowest BCUT2D eigenvalue weighted by Crippen LogP contribution is -2.50. The van der Waals surface area contributed by atoms with E-state index in [0.717, 1.165) is 31.5 Å². The minimum Gasteiger partial charge on any atom is -0.445 e. The molecule has 0 bridgehead atoms. The van der Waals surface area contributed by atoms with Crippen molar-refractivity contribution in [3.63, 3.8) is 0 Å². The van der Waals surface area contributed by atoms with Gasteiger partial charge in [0.1, 0.15) is 6.61 Å². The second-order valence-corrected chi connectivity index (χ2v) is 6.34. The molecular weight excluding hydrogens is 292 g/mol. The molecule has 0 saturated carbocycles. The molecule has 0 atom stereocenters. The lowest BCUT2D eigenvalue weighted by Gasteiger charge is -2.39. The van der Waals surface area contributed by atoms with Gasteiger partial charge < -0.3 is 19.6 Å². The van der Waals surface area contributed by atoms with E-state index < -0.39 is 0 Å². The summed E-state index contributed by atoms with van der Waals surface area (Å²) < 4.78 is 5.51. The van der Waals surface area contributed by atoms with Crippen LogP contribution < -0.4 is 0 Å². The van der Waals surface area contributed by atoms with Crippen molar-refractivity contribution in [3.05, 3.63) is 35.9 Å². The monoisotopic (exact) mass is 320 g/mol. The number of ether oxygens (including phenoxy) is 1. The van der Waals surface area contributed by atoms with Crippen LogP contribution in [0, 0.1) is 0 Å². The van der Waals surface area contributed by atoms with Crippen LogP contribution in [-0.4, -0.2) is 59.3 Å². The van der Waals surface area contributed by atoms with Crippen molar-refractivity contribution < 1.29 is 14.6 Å². The van der Waals surface area contributed by atoms with Crippen LogP contribution in [0.3, 0.4) is 0 Å². The van der Waals surface area contributed by atoms with Gasteiger partial charge in [-0.3, -0.25) is 0 Å². The maximum absolute atomic E-state index is 12.5. The van der Waals surface area contributed by atoms with Gasteiger partial charge in [-0.05, 0) is 32.3 Å². The van der Waals surface area contributed by atoms with Gasteiger partial charge in [0.15, 0.2) is 0 Å². The molecule has 1 aromatic carbocycles. The second kappa shape index (κ2) is 8.89. The molecule has 1 saturated heterocycles. The fourth-order valence-electron chi connectivity index (χ4n) is 3.14. The fourth-order valence-corrected chi connectivity index (χ4v) is 3.14. The third-order valence-electron chi connectivity index (χ3n) is 4.34. The maximum atomic E-state index is 12.5. The van der Waals surface area contributed by atoms with Gasteiger partial charge in [0, 0.05) is 31.7 Å². The Kier molecular flexibility index (Phi) is 6.86. The molecule has 0 radical (unpaired) electrons. The van der Waals surface area contributed by atoms with E-state index in [9.17, 15) is 4.79 Å². The quantitative estimate of drug-likeness (QED) is 0.875. The Morgan fingerprint density at radius 2 is 1.96 bits per heavy atom. The Bertz CT molecular complexity index is 470. The van der Waals surface area contributed by atoms with Gasteiger partial charge >= 0.3 is 6.09 Å². The molecule has 2 rings (SSSR count). The minimum atomic E-state index is -0.232. The van der Waals surface area contributed by atoms with Gasteiger partial charge in [-0.2, -0.15) is 0 Å². The molecule has 1 aliphatic heterocycles. The highest BCUT2D eigenvalue weighted by molar-refractivity contribution is 5.68. The van der Waals surface area contributed by atoms with Crippen LogP contribution in [0.2, 0.25) is 0 Å². The van der Waals surface area contributed by atoms with E-state index >= 15 is 0 Å². The Hall–Kier alpha value is -1.59. The minimum absolute atomic E-state index is 0.118. The molecule has 1 N–H and O–H groups in total. The Labute approximate surface area is 138 Å². The summed E-state index contributed by atoms with van der Waals surface area (Å²) in [5.74, 6) is 0. The average Bonchev–Trinajstić information content (AvgIpc) is 2.56. The topological polar surface area (TPSA) is 53.0 Å². The summed E-state index contributed by atoms with van der Waals surface area (Å²) in [6.45, 7) is 7.12. The molecule has 1 aliphatic rings. The van der Waals surface area contributed by atoms with Gasteiger partial charge in [0.25, 0.3) is 0 Å². The molecule has 1 aromatic rings. The molecule has 0 aromatic heterocycles. The fraction of sp³-hybridized carbons (Fsp3) is 0.611. The van der Waals surface area contributed by atoms with Gasteiger partial charge in [0.2, 0.25) is 0 Å². The number of piperidine rings is 1. The van der Waals surface area contributed by atoms with E-state index in [4.69, 9.17) is 9.84 Å². The predicted molar refractivity (Wildman–Crippen MR) is 90.1 cm³/mol. The van der Waals surface area contributed by atoms with Crippen LogP contribution >= 0.6 is 0 Å². The molecule has 0 aliphatic carbocycles. The SMILES string of the molecule is CC(C)N(C(=O)OCc1ccccc1)C1CCN(CCO)CC1. The largest absolute Gasteiger partial charge is 0.445 e. The molecule has 5 nitrogen and oxygen atoms in total. The van der Waals surface area contributed by atoms with Crippen molar-refractivity contribution in [2.75, 3.05) is 26.2 Å². The average molecular weight is 320 g/mol. The van der Waals surface area contributed by atoms with E-state index in [1.807, 2.05) is 49.1 Å². The van der Waals surface area contributed by atoms with Crippen molar-refractivity contribution in [3.8, 4) is 0 Å². The number of rotatable bonds is 6. The molecule has 128 valence electrons. The smallest absolute Gasteiger partial charge is 0.410 e. The van der Waals surface area contributed by atoms with E-state index in [-0.39, 0.29) is 24.8 Å². The number of benzene rings is 1. The summed E-state index contributed by atoms with van der Waals surface area (Å²) >= 11 is 0. The first-order chi connectivity index (χ1) is 11.1. The van der Waals surface area contributed by atoms with Crippen LogP contribution in [0.5, 0.6) is 0 Å². The van der Waals surface area contributed by atoms with Gasteiger partial charge in [-0.15, -0.1) is 0 Å². The zero-order valence-electron chi connectivity index (χ0n) is 14.1. The molecule has 5 heteroatoms. The van der Waals surface area contributed by atoms with E-state index in [2.05, 4.69) is 4.90 Å². The highest BCUT2D eigenvalue weighted by atomic mass is 16.6. The maximum Gasteiger partial charge on any atom is 0.410 e. The van der Waals surface area contributed by atoms with Crippen molar-refractivity contribution >= 4 is 6.09 Å². The van der Waals surface area contributed by atoms with Crippen molar-refractivity contribution in [1.29, 1.82) is 0 Å². The molecular formula is C18H28N2O3. The van der Waals surface area contributed by atoms with E-state index in [0.29, 0.717) is 13.2 Å².